The zero-order chi connectivity index (χ0) is 25.3. The van der Waals surface area contributed by atoms with Gasteiger partial charge in [0.15, 0.2) is 0 Å². The molecule has 8 nitrogen and oxygen atoms in total. The molecule has 9 heteroatoms. The van der Waals surface area contributed by atoms with Crippen LogP contribution in [0.1, 0.15) is 31.5 Å². The van der Waals surface area contributed by atoms with Crippen LogP contribution in [0, 0.1) is 0 Å². The Balaban J connectivity index is 1.39. The first kappa shape index (κ1) is 24.7. The molecule has 0 spiro atoms. The molecule has 0 saturated carbocycles. The fourth-order valence-electron chi connectivity index (χ4n) is 5.10. The van der Waals surface area contributed by atoms with Crippen molar-refractivity contribution in [2.75, 3.05) is 56.7 Å². The molecule has 3 aromatic rings. The van der Waals surface area contributed by atoms with Crippen LogP contribution in [0.3, 0.4) is 0 Å². The van der Waals surface area contributed by atoms with Crippen LogP contribution in [-0.4, -0.2) is 71.4 Å². The van der Waals surface area contributed by atoms with Gasteiger partial charge in [0, 0.05) is 61.3 Å². The summed E-state index contributed by atoms with van der Waals surface area (Å²) in [6, 6.07) is 7.82. The summed E-state index contributed by atoms with van der Waals surface area (Å²) < 4.78 is 5.70. The van der Waals surface area contributed by atoms with Crippen LogP contribution in [0.15, 0.2) is 36.7 Å². The molecule has 2 aromatic heterocycles. The summed E-state index contributed by atoms with van der Waals surface area (Å²) in [4.78, 5) is 18.5. The first-order valence-corrected chi connectivity index (χ1v) is 12.9. The molecule has 1 saturated heterocycles. The van der Waals surface area contributed by atoms with Crippen molar-refractivity contribution in [3.8, 4) is 17.0 Å². The molecular weight excluding hydrogens is 476 g/mol. The molecule has 1 aromatic carbocycles. The van der Waals surface area contributed by atoms with E-state index >= 15 is 0 Å². The largest absolute Gasteiger partial charge is 0.494 e. The molecule has 3 heterocycles. The number of halogens is 1. The van der Waals surface area contributed by atoms with Gasteiger partial charge in [0.2, 0.25) is 5.95 Å². The first-order chi connectivity index (χ1) is 17.4. The number of piperazine rings is 1. The lowest BCUT2D eigenvalue weighted by Crippen LogP contribution is -2.46. The minimum Gasteiger partial charge on any atom is -0.494 e. The van der Waals surface area contributed by atoms with Crippen LogP contribution >= 0.6 is 11.6 Å². The summed E-state index contributed by atoms with van der Waals surface area (Å²) in [5.41, 5.74) is 5.22. The maximum atomic E-state index is 9.95. The van der Waals surface area contributed by atoms with E-state index in [1.807, 2.05) is 24.4 Å². The standard InChI is InChI=1S/C27H33ClN6O2/c1-4-33-9-11-34(12-10-33)24-15-25(36-3)23(14-20(24)28)32-26-29-8-6-21(31-26)18-13-19-22(30-16-18)5-7-27(19,2)17-35/h6,8,13-16,35H,4-5,7,9-12,17H2,1-3H3,(H,29,31,32). The third-order valence-electron chi connectivity index (χ3n) is 7.51. The van der Waals surface area contributed by atoms with Crippen LogP contribution in [-0.2, 0) is 11.8 Å². The number of rotatable bonds is 7. The third kappa shape index (κ3) is 4.73. The van der Waals surface area contributed by atoms with E-state index in [9.17, 15) is 5.11 Å². The lowest BCUT2D eigenvalue weighted by molar-refractivity contribution is 0.206. The number of aromatic nitrogens is 3. The van der Waals surface area contributed by atoms with E-state index in [-0.39, 0.29) is 12.0 Å². The molecule has 1 atom stereocenters. The van der Waals surface area contributed by atoms with Crippen LogP contribution in [0.4, 0.5) is 17.3 Å². The summed E-state index contributed by atoms with van der Waals surface area (Å²) in [6.07, 6.45) is 5.35. The van der Waals surface area contributed by atoms with Crippen molar-refractivity contribution in [1.82, 2.24) is 19.9 Å². The molecule has 0 bridgehead atoms. The molecule has 1 aliphatic heterocycles. The van der Waals surface area contributed by atoms with Gasteiger partial charge in [-0.25, -0.2) is 9.97 Å². The Kier molecular flexibility index (Phi) is 7.01. The lowest BCUT2D eigenvalue weighted by atomic mass is 9.85. The van der Waals surface area contributed by atoms with Crippen molar-refractivity contribution in [1.29, 1.82) is 0 Å². The highest BCUT2D eigenvalue weighted by atomic mass is 35.5. The molecule has 0 radical (unpaired) electrons. The first-order valence-electron chi connectivity index (χ1n) is 12.5. The highest BCUT2D eigenvalue weighted by Gasteiger charge is 2.35. The monoisotopic (exact) mass is 508 g/mol. The van der Waals surface area contributed by atoms with Crippen molar-refractivity contribution in [2.45, 2.75) is 32.1 Å². The number of aliphatic hydroxyl groups excluding tert-OH is 1. The molecule has 2 N–H and O–H groups in total. The van der Waals surface area contributed by atoms with E-state index in [1.54, 1.807) is 13.3 Å². The van der Waals surface area contributed by atoms with Crippen LogP contribution < -0.4 is 15.0 Å². The molecule has 1 unspecified atom stereocenters. The maximum absolute atomic E-state index is 9.95. The number of aliphatic hydroxyl groups is 1. The number of aryl methyl sites for hydroxylation is 1. The summed E-state index contributed by atoms with van der Waals surface area (Å²) in [6.45, 7) is 9.34. The van der Waals surface area contributed by atoms with Crippen LogP contribution in [0.2, 0.25) is 5.02 Å². The zero-order valence-electron chi connectivity index (χ0n) is 21.1. The molecular formula is C27H33ClN6O2. The Hall–Kier alpha value is -2.94. The summed E-state index contributed by atoms with van der Waals surface area (Å²) >= 11 is 6.73. The number of pyridine rings is 1. The Bertz CT molecular complexity index is 1250. The predicted octanol–water partition coefficient (Wildman–Crippen LogP) is 4.28. The number of nitrogens with zero attached hydrogens (tertiary/aromatic N) is 5. The number of fused-ring (bicyclic) bond motifs is 1. The molecule has 0 amide bonds. The highest BCUT2D eigenvalue weighted by Crippen LogP contribution is 2.40. The Morgan fingerprint density at radius 3 is 2.69 bits per heavy atom. The number of hydrogen-bond acceptors (Lipinski definition) is 8. The molecule has 36 heavy (non-hydrogen) atoms. The second-order valence-corrected chi connectivity index (χ2v) is 10.2. The van der Waals surface area contributed by atoms with Gasteiger partial charge in [-0.3, -0.25) is 4.98 Å². The topological polar surface area (TPSA) is 86.6 Å². The number of likely N-dealkylation sites (N-methyl/N-ethyl adjacent to an activating group) is 1. The van der Waals surface area contributed by atoms with Crippen molar-refractivity contribution in [3.05, 3.63) is 52.9 Å². The second kappa shape index (κ2) is 10.2. The lowest BCUT2D eigenvalue weighted by Gasteiger charge is -2.36. The molecule has 190 valence electrons. The fraction of sp³-hybridized carbons (Fsp3) is 0.444. The van der Waals surface area contributed by atoms with E-state index in [4.69, 9.17) is 21.3 Å². The molecule has 1 aliphatic carbocycles. The number of hydrogen-bond donors (Lipinski definition) is 2. The Labute approximate surface area is 217 Å². The normalized spacial score (nSPS) is 19.9. The van der Waals surface area contributed by atoms with E-state index in [0.717, 1.165) is 73.8 Å². The van der Waals surface area contributed by atoms with E-state index in [1.165, 1.54) is 0 Å². The van der Waals surface area contributed by atoms with Crippen LogP contribution in [0.5, 0.6) is 5.75 Å². The molecule has 5 rings (SSSR count). The van der Waals surface area contributed by atoms with Gasteiger partial charge in [-0.15, -0.1) is 0 Å². The van der Waals surface area contributed by atoms with Crippen LogP contribution in [0.25, 0.3) is 11.3 Å². The van der Waals surface area contributed by atoms with E-state index in [2.05, 4.69) is 45.0 Å². The Morgan fingerprint density at radius 2 is 1.97 bits per heavy atom. The predicted molar refractivity (Wildman–Crippen MR) is 144 cm³/mol. The van der Waals surface area contributed by atoms with Gasteiger partial charge in [0.25, 0.3) is 0 Å². The number of ether oxygens (including phenoxy) is 1. The van der Waals surface area contributed by atoms with E-state index < -0.39 is 0 Å². The SMILES string of the molecule is CCN1CCN(c2cc(OC)c(Nc3nccc(-c4cnc5c(c4)C(C)(CO)CC5)n3)cc2Cl)CC1. The van der Waals surface area contributed by atoms with Gasteiger partial charge in [0.1, 0.15) is 5.75 Å². The smallest absolute Gasteiger partial charge is 0.227 e. The fourth-order valence-corrected chi connectivity index (χ4v) is 5.39. The van der Waals surface area contributed by atoms with Gasteiger partial charge in [0.05, 0.1) is 35.8 Å². The summed E-state index contributed by atoms with van der Waals surface area (Å²) in [5, 5.41) is 13.9. The summed E-state index contributed by atoms with van der Waals surface area (Å²) in [7, 11) is 1.65. The van der Waals surface area contributed by atoms with Crippen molar-refractivity contribution in [3.63, 3.8) is 0 Å². The number of anilines is 3. The molecule has 1 fully saturated rings. The van der Waals surface area contributed by atoms with Gasteiger partial charge >= 0.3 is 0 Å². The van der Waals surface area contributed by atoms with Crippen molar-refractivity contribution in [2.24, 2.45) is 0 Å². The van der Waals surface area contributed by atoms with Crippen molar-refractivity contribution < 1.29 is 9.84 Å². The zero-order valence-corrected chi connectivity index (χ0v) is 21.8. The quantitative estimate of drug-likeness (QED) is 0.489. The second-order valence-electron chi connectivity index (χ2n) is 9.75. The Morgan fingerprint density at radius 1 is 1.17 bits per heavy atom. The van der Waals surface area contributed by atoms with Gasteiger partial charge < -0.3 is 25.0 Å². The number of methoxy groups -OCH3 is 1. The minimum absolute atomic E-state index is 0.104. The minimum atomic E-state index is -0.262. The number of nitrogens with one attached hydrogen (secondary N) is 1. The number of benzene rings is 1. The third-order valence-corrected chi connectivity index (χ3v) is 7.81. The van der Waals surface area contributed by atoms with E-state index in [0.29, 0.717) is 22.4 Å². The van der Waals surface area contributed by atoms with Crippen molar-refractivity contribution >= 4 is 28.9 Å². The average Bonchev–Trinajstić information content (AvgIpc) is 3.25. The maximum Gasteiger partial charge on any atom is 0.227 e. The van der Waals surface area contributed by atoms with Gasteiger partial charge in [-0.05, 0) is 43.1 Å². The average molecular weight is 509 g/mol. The summed E-state index contributed by atoms with van der Waals surface area (Å²) in [5.74, 6) is 1.12. The van der Waals surface area contributed by atoms with Gasteiger partial charge in [-0.2, -0.15) is 0 Å². The highest BCUT2D eigenvalue weighted by molar-refractivity contribution is 6.33. The molecule has 2 aliphatic rings. The van der Waals surface area contributed by atoms with Gasteiger partial charge in [-0.1, -0.05) is 25.4 Å².